The number of ketones is 1. The van der Waals surface area contributed by atoms with Crippen LogP contribution < -0.4 is 0 Å². The maximum Gasteiger partial charge on any atom is 0.245 e. The fourth-order valence-electron chi connectivity index (χ4n) is 0.581. The molecule has 0 aromatic carbocycles. The molecule has 6 nitrogen and oxygen atoms in total. The molecule has 0 spiro atoms. The van der Waals surface area contributed by atoms with Gasteiger partial charge in [-0.25, -0.2) is 4.63 Å². The van der Waals surface area contributed by atoms with Crippen molar-refractivity contribution in [3.63, 3.8) is 0 Å². The fraction of sp³-hybridized carbons (Fsp3) is 0.200. The third kappa shape index (κ3) is 1.50. The molecule has 1 N–H and O–H groups in total. The first kappa shape index (κ1) is 8.85. The number of carbonyl (C=O) groups excluding carboxylic acids is 1. The van der Waals surface area contributed by atoms with Gasteiger partial charge in [-0.05, 0) is 28.0 Å². The third-order valence-electron chi connectivity index (χ3n) is 1.14. The van der Waals surface area contributed by atoms with Crippen molar-refractivity contribution < 1.29 is 14.6 Å². The maximum atomic E-state index is 11.2. The van der Waals surface area contributed by atoms with Crippen LogP contribution >= 0.6 is 15.9 Å². The molecule has 1 rings (SSSR count). The predicted octanol–water partition coefficient (Wildman–Crippen LogP) is 0.743. The lowest BCUT2D eigenvalue weighted by Gasteiger charge is -1.89. The highest BCUT2D eigenvalue weighted by molar-refractivity contribution is 9.19. The Morgan fingerprint density at radius 2 is 2.33 bits per heavy atom. The van der Waals surface area contributed by atoms with Crippen LogP contribution in [0.25, 0.3) is 0 Å². The molecule has 0 saturated heterocycles. The largest absolute Gasteiger partial charge is 0.410 e. The highest BCUT2D eigenvalue weighted by Gasteiger charge is 2.19. The molecule has 0 atom stereocenters. The zero-order valence-electron chi connectivity index (χ0n) is 5.98. The zero-order valence-corrected chi connectivity index (χ0v) is 7.57. The smallest absolute Gasteiger partial charge is 0.245 e. The minimum atomic E-state index is -0.573. The average Bonchev–Trinajstić information content (AvgIpc) is 2.48. The molecule has 64 valence electrons. The van der Waals surface area contributed by atoms with Gasteiger partial charge in [-0.3, -0.25) is 4.79 Å². The molecule has 1 heterocycles. The van der Waals surface area contributed by atoms with Gasteiger partial charge in [-0.15, -0.1) is 0 Å². The first-order valence-electron chi connectivity index (χ1n) is 2.88. The Hall–Kier alpha value is -1.24. The number of rotatable bonds is 2. The van der Waals surface area contributed by atoms with E-state index in [0.29, 0.717) is 5.69 Å². The number of hydrogen-bond donors (Lipinski definition) is 1. The Balaban J connectivity index is 3.01. The van der Waals surface area contributed by atoms with Crippen LogP contribution in [0, 0.1) is 6.92 Å². The van der Waals surface area contributed by atoms with Crippen molar-refractivity contribution in [2.45, 2.75) is 6.92 Å². The van der Waals surface area contributed by atoms with Gasteiger partial charge in [-0.1, -0.05) is 10.3 Å². The topological polar surface area (TPSA) is 88.6 Å². The van der Waals surface area contributed by atoms with Crippen molar-refractivity contribution in [2.75, 3.05) is 0 Å². The van der Waals surface area contributed by atoms with Crippen molar-refractivity contribution in [1.29, 1.82) is 0 Å². The summed E-state index contributed by atoms with van der Waals surface area (Å²) in [5, 5.41) is 17.6. The quantitative estimate of drug-likeness (QED) is 0.353. The van der Waals surface area contributed by atoms with E-state index in [0.717, 1.165) is 0 Å². The molecule has 0 unspecified atom stereocenters. The maximum absolute atomic E-state index is 11.2. The van der Waals surface area contributed by atoms with Gasteiger partial charge in [-0.2, -0.15) is 0 Å². The Morgan fingerprint density at radius 1 is 1.67 bits per heavy atom. The number of oxime groups is 1. The second-order valence-electron chi connectivity index (χ2n) is 1.92. The van der Waals surface area contributed by atoms with Crippen LogP contribution in [0.4, 0.5) is 0 Å². The summed E-state index contributed by atoms with van der Waals surface area (Å²) in [7, 11) is 0. The van der Waals surface area contributed by atoms with Crippen molar-refractivity contribution in [1.82, 2.24) is 10.3 Å². The lowest BCUT2D eigenvalue weighted by atomic mass is 10.2. The molecule has 7 heteroatoms. The molecule has 0 amide bonds. The van der Waals surface area contributed by atoms with Crippen LogP contribution in [-0.4, -0.2) is 25.9 Å². The van der Waals surface area contributed by atoms with Crippen LogP contribution in [0.3, 0.4) is 0 Å². The number of hydrogen-bond acceptors (Lipinski definition) is 6. The molecule has 1 aromatic heterocycles. The van der Waals surface area contributed by atoms with E-state index in [-0.39, 0.29) is 10.3 Å². The molecule has 1 aromatic rings. The van der Waals surface area contributed by atoms with Gasteiger partial charge in [0.25, 0.3) is 0 Å². The van der Waals surface area contributed by atoms with E-state index >= 15 is 0 Å². The van der Waals surface area contributed by atoms with E-state index < -0.39 is 5.78 Å². The molecule has 0 fully saturated rings. The fourth-order valence-corrected chi connectivity index (χ4v) is 0.768. The van der Waals surface area contributed by atoms with Gasteiger partial charge < -0.3 is 5.21 Å². The molecule has 0 saturated carbocycles. The summed E-state index contributed by atoms with van der Waals surface area (Å²) in [6.45, 7) is 1.56. The van der Waals surface area contributed by atoms with E-state index in [1.165, 1.54) is 0 Å². The van der Waals surface area contributed by atoms with Gasteiger partial charge in [0.1, 0.15) is 5.69 Å². The molecule has 12 heavy (non-hydrogen) atoms. The highest BCUT2D eigenvalue weighted by Crippen LogP contribution is 2.05. The van der Waals surface area contributed by atoms with Gasteiger partial charge in [0.15, 0.2) is 10.3 Å². The van der Waals surface area contributed by atoms with Crippen molar-refractivity contribution in [3.05, 3.63) is 11.4 Å². The Labute approximate surface area is 75.3 Å². The van der Waals surface area contributed by atoms with E-state index in [2.05, 4.69) is 36.0 Å². The number of aromatic nitrogens is 2. The Morgan fingerprint density at radius 3 is 2.75 bits per heavy atom. The van der Waals surface area contributed by atoms with E-state index in [1.807, 2.05) is 0 Å². The second-order valence-corrected chi connectivity index (χ2v) is 2.67. The van der Waals surface area contributed by atoms with Crippen molar-refractivity contribution >= 4 is 26.3 Å². The SMILES string of the molecule is Cc1nonc1C(=O)/C(Br)=N\O. The first-order chi connectivity index (χ1) is 5.66. The second kappa shape index (κ2) is 3.44. The van der Waals surface area contributed by atoms with E-state index in [4.69, 9.17) is 5.21 Å². The molecular formula is C5H4BrN3O3. The van der Waals surface area contributed by atoms with Crippen LogP contribution in [-0.2, 0) is 0 Å². The van der Waals surface area contributed by atoms with Gasteiger partial charge in [0.05, 0.1) is 0 Å². The van der Waals surface area contributed by atoms with Gasteiger partial charge >= 0.3 is 0 Å². The molecule has 0 aliphatic carbocycles. The monoisotopic (exact) mass is 233 g/mol. The highest BCUT2D eigenvalue weighted by atomic mass is 79.9. The standard InChI is InChI=1S/C5H4BrN3O3/c1-2-3(9-12-8-2)4(10)5(6)7-11/h11H,1H3/b7-5+. The van der Waals surface area contributed by atoms with Crippen LogP contribution in [0.5, 0.6) is 0 Å². The third-order valence-corrected chi connectivity index (χ3v) is 1.66. The summed E-state index contributed by atoms with van der Waals surface area (Å²) in [6.07, 6.45) is 0. The molecular weight excluding hydrogens is 230 g/mol. The van der Waals surface area contributed by atoms with Gasteiger partial charge in [0.2, 0.25) is 5.78 Å². The lowest BCUT2D eigenvalue weighted by Crippen LogP contribution is -2.09. The number of carbonyl (C=O) groups is 1. The van der Waals surface area contributed by atoms with Crippen LogP contribution in [0.1, 0.15) is 16.2 Å². The van der Waals surface area contributed by atoms with Gasteiger partial charge in [0, 0.05) is 0 Å². The summed E-state index contributed by atoms with van der Waals surface area (Å²) in [5.41, 5.74) is 0.375. The summed E-state index contributed by atoms with van der Waals surface area (Å²) in [5.74, 6) is -0.573. The van der Waals surface area contributed by atoms with E-state index in [9.17, 15) is 4.79 Å². The minimum Gasteiger partial charge on any atom is -0.410 e. The first-order valence-corrected chi connectivity index (χ1v) is 3.67. The minimum absolute atomic E-state index is 0.0275. The zero-order chi connectivity index (χ0) is 9.14. The molecule has 0 aliphatic heterocycles. The molecule has 0 radical (unpaired) electrons. The lowest BCUT2D eigenvalue weighted by molar-refractivity contribution is 0.105. The predicted molar refractivity (Wildman–Crippen MR) is 41.5 cm³/mol. The summed E-state index contributed by atoms with van der Waals surface area (Å²) >= 11 is 2.74. The Bertz CT molecular complexity index is 332. The number of aryl methyl sites for hydroxylation is 1. The average molecular weight is 234 g/mol. The van der Waals surface area contributed by atoms with Crippen LogP contribution in [0.2, 0.25) is 0 Å². The van der Waals surface area contributed by atoms with Crippen molar-refractivity contribution in [3.8, 4) is 0 Å². The molecule has 0 aliphatic rings. The summed E-state index contributed by atoms with van der Waals surface area (Å²) < 4.78 is 4.05. The summed E-state index contributed by atoms with van der Waals surface area (Å²) in [6, 6.07) is 0. The molecule has 0 bridgehead atoms. The summed E-state index contributed by atoms with van der Waals surface area (Å²) in [4.78, 5) is 11.2. The van der Waals surface area contributed by atoms with Crippen molar-refractivity contribution in [2.24, 2.45) is 5.16 Å². The number of halogens is 1. The van der Waals surface area contributed by atoms with Crippen LogP contribution in [0.15, 0.2) is 9.78 Å². The normalized spacial score (nSPS) is 11.7. The Kier molecular flexibility index (Phi) is 2.54. The number of Topliss-reactive ketones (excluding diaryl/α,β-unsaturated/α-hetero) is 1. The number of nitrogens with zero attached hydrogens (tertiary/aromatic N) is 3. The van der Waals surface area contributed by atoms with E-state index in [1.54, 1.807) is 6.92 Å².